The molecule has 5 nitrogen and oxygen atoms in total. The van der Waals surface area contributed by atoms with Gasteiger partial charge in [0.25, 0.3) is 0 Å². The lowest BCUT2D eigenvalue weighted by Gasteiger charge is -2.14. The molecule has 0 aliphatic rings. The Morgan fingerprint density at radius 3 is 2.95 bits per heavy atom. The molecule has 2 amide bonds. The van der Waals surface area contributed by atoms with Gasteiger partial charge in [0.05, 0.1) is 12.3 Å². The van der Waals surface area contributed by atoms with E-state index in [1.807, 2.05) is 44.2 Å². The number of aryl methyl sites for hydroxylation is 1. The second-order valence-corrected chi connectivity index (χ2v) is 5.24. The molecule has 0 saturated carbocycles. The Bertz CT molecular complexity index is 796. The van der Waals surface area contributed by atoms with Crippen molar-refractivity contribution in [2.75, 3.05) is 5.32 Å². The summed E-state index contributed by atoms with van der Waals surface area (Å²) in [7, 11) is 0. The third-order valence-corrected chi connectivity index (χ3v) is 3.56. The molecule has 1 atom stereocenters. The fourth-order valence-corrected chi connectivity index (χ4v) is 2.31. The van der Waals surface area contributed by atoms with Crippen molar-refractivity contribution in [2.24, 2.45) is 0 Å². The second kappa shape index (κ2) is 5.89. The molecule has 1 aromatic carbocycles. The van der Waals surface area contributed by atoms with Crippen LogP contribution in [0.15, 0.2) is 53.4 Å². The predicted molar refractivity (Wildman–Crippen MR) is 85.8 cm³/mol. The molecule has 112 valence electrons. The van der Waals surface area contributed by atoms with Crippen LogP contribution in [-0.2, 0) is 0 Å². The molecule has 0 aliphatic heterocycles. The van der Waals surface area contributed by atoms with E-state index in [0.717, 1.165) is 27.8 Å². The monoisotopic (exact) mass is 295 g/mol. The van der Waals surface area contributed by atoms with Crippen LogP contribution in [0.5, 0.6) is 0 Å². The van der Waals surface area contributed by atoms with Gasteiger partial charge < -0.3 is 15.1 Å². The maximum atomic E-state index is 12.1. The first-order chi connectivity index (χ1) is 10.6. The summed E-state index contributed by atoms with van der Waals surface area (Å²) in [5, 5.41) is 6.73. The number of fused-ring (bicyclic) bond motifs is 1. The van der Waals surface area contributed by atoms with Crippen LogP contribution in [0.4, 0.5) is 10.5 Å². The van der Waals surface area contributed by atoms with Gasteiger partial charge in [-0.1, -0.05) is 6.07 Å². The topological polar surface area (TPSA) is 67.2 Å². The normalized spacial score (nSPS) is 12.1. The highest BCUT2D eigenvalue weighted by atomic mass is 16.3. The van der Waals surface area contributed by atoms with Gasteiger partial charge in [0.2, 0.25) is 0 Å². The minimum absolute atomic E-state index is 0.118. The van der Waals surface area contributed by atoms with E-state index in [-0.39, 0.29) is 12.1 Å². The largest absolute Gasteiger partial charge is 0.464 e. The van der Waals surface area contributed by atoms with Gasteiger partial charge in [-0.15, -0.1) is 0 Å². The Morgan fingerprint density at radius 2 is 2.18 bits per heavy atom. The zero-order valence-corrected chi connectivity index (χ0v) is 12.5. The number of furan rings is 1. The van der Waals surface area contributed by atoms with Crippen LogP contribution in [0.25, 0.3) is 11.0 Å². The summed E-state index contributed by atoms with van der Waals surface area (Å²) in [6, 6.07) is 8.98. The Hall–Kier alpha value is -2.82. The maximum absolute atomic E-state index is 12.1. The van der Waals surface area contributed by atoms with Crippen LogP contribution in [0, 0.1) is 6.92 Å². The molecular formula is C17H17N3O2. The fourth-order valence-electron chi connectivity index (χ4n) is 2.31. The maximum Gasteiger partial charge on any atom is 0.319 e. The minimum Gasteiger partial charge on any atom is -0.464 e. The summed E-state index contributed by atoms with van der Waals surface area (Å²) in [6.07, 6.45) is 5.16. The third-order valence-electron chi connectivity index (χ3n) is 3.56. The van der Waals surface area contributed by atoms with E-state index >= 15 is 0 Å². The van der Waals surface area contributed by atoms with Crippen LogP contribution < -0.4 is 10.6 Å². The van der Waals surface area contributed by atoms with Gasteiger partial charge in [0.15, 0.2) is 0 Å². The molecule has 0 fully saturated rings. The molecule has 2 aromatic heterocycles. The molecule has 0 unspecified atom stereocenters. The van der Waals surface area contributed by atoms with Gasteiger partial charge in [0, 0.05) is 23.5 Å². The Morgan fingerprint density at radius 1 is 1.32 bits per heavy atom. The summed E-state index contributed by atoms with van der Waals surface area (Å²) < 4.78 is 5.40. The molecule has 0 saturated heterocycles. The summed E-state index contributed by atoms with van der Waals surface area (Å²) in [5.74, 6) is 0. The number of pyridine rings is 1. The number of hydrogen-bond acceptors (Lipinski definition) is 3. The van der Waals surface area contributed by atoms with Crippen LogP contribution in [0.1, 0.15) is 24.1 Å². The lowest BCUT2D eigenvalue weighted by Crippen LogP contribution is -2.31. The highest BCUT2D eigenvalue weighted by Gasteiger charge is 2.10. The van der Waals surface area contributed by atoms with Crippen molar-refractivity contribution in [2.45, 2.75) is 19.9 Å². The molecule has 0 bridgehead atoms. The fraction of sp³-hybridized carbons (Fsp3) is 0.176. The molecule has 5 heteroatoms. The number of benzene rings is 1. The number of nitrogens with zero attached hydrogens (tertiary/aromatic N) is 1. The van der Waals surface area contributed by atoms with Gasteiger partial charge in [-0.05, 0) is 49.2 Å². The van der Waals surface area contributed by atoms with E-state index in [1.54, 1.807) is 18.7 Å². The van der Waals surface area contributed by atoms with Gasteiger partial charge >= 0.3 is 6.03 Å². The standard InChI is InChI=1S/C17H17N3O2/c1-11-10-22-16-6-5-14(8-15(11)16)20-17(21)19-12(2)13-4-3-7-18-9-13/h3-10,12H,1-2H3,(H2,19,20,21)/t12-/m1/s1. The molecule has 0 aliphatic carbocycles. The van der Waals surface area contributed by atoms with Crippen molar-refractivity contribution in [1.82, 2.24) is 10.3 Å². The van der Waals surface area contributed by atoms with Crippen molar-refractivity contribution in [1.29, 1.82) is 0 Å². The van der Waals surface area contributed by atoms with Crippen molar-refractivity contribution >= 4 is 22.7 Å². The first kappa shape index (κ1) is 14.1. The lowest BCUT2D eigenvalue weighted by atomic mass is 10.1. The molecular weight excluding hydrogens is 278 g/mol. The predicted octanol–water partition coefficient (Wildman–Crippen LogP) is 4.02. The number of amides is 2. The number of carbonyl (C=O) groups excluding carboxylic acids is 1. The zero-order chi connectivity index (χ0) is 15.5. The molecule has 2 heterocycles. The Labute approximate surface area is 128 Å². The minimum atomic E-state index is -0.253. The Balaban J connectivity index is 1.69. The average Bonchev–Trinajstić information content (AvgIpc) is 2.89. The van der Waals surface area contributed by atoms with Gasteiger partial charge in [0.1, 0.15) is 5.58 Å². The van der Waals surface area contributed by atoms with E-state index in [4.69, 9.17) is 4.42 Å². The number of urea groups is 1. The molecule has 2 N–H and O–H groups in total. The molecule has 3 aromatic rings. The van der Waals surface area contributed by atoms with Gasteiger partial charge in [-0.3, -0.25) is 4.98 Å². The van der Waals surface area contributed by atoms with E-state index < -0.39 is 0 Å². The SMILES string of the molecule is Cc1coc2ccc(NC(=O)N[C@H](C)c3cccnc3)cc12. The van der Waals surface area contributed by atoms with Crippen molar-refractivity contribution in [3.05, 3.63) is 60.1 Å². The van der Waals surface area contributed by atoms with E-state index in [2.05, 4.69) is 15.6 Å². The first-order valence-electron chi connectivity index (χ1n) is 7.09. The molecule has 0 spiro atoms. The molecule has 3 rings (SSSR count). The second-order valence-electron chi connectivity index (χ2n) is 5.24. The Kier molecular flexibility index (Phi) is 3.78. The van der Waals surface area contributed by atoms with E-state index in [1.165, 1.54) is 0 Å². The number of carbonyl (C=O) groups is 1. The highest BCUT2D eigenvalue weighted by molar-refractivity contribution is 5.93. The van der Waals surface area contributed by atoms with Crippen LogP contribution >= 0.6 is 0 Å². The molecule has 0 radical (unpaired) electrons. The number of nitrogens with one attached hydrogen (secondary N) is 2. The smallest absolute Gasteiger partial charge is 0.319 e. The number of hydrogen-bond donors (Lipinski definition) is 2. The summed E-state index contributed by atoms with van der Waals surface area (Å²) >= 11 is 0. The van der Waals surface area contributed by atoms with E-state index in [0.29, 0.717) is 0 Å². The van der Waals surface area contributed by atoms with Crippen LogP contribution in [-0.4, -0.2) is 11.0 Å². The van der Waals surface area contributed by atoms with E-state index in [9.17, 15) is 4.79 Å². The lowest BCUT2D eigenvalue weighted by molar-refractivity contribution is 0.249. The zero-order valence-electron chi connectivity index (χ0n) is 12.5. The highest BCUT2D eigenvalue weighted by Crippen LogP contribution is 2.24. The van der Waals surface area contributed by atoms with Gasteiger partial charge in [-0.25, -0.2) is 4.79 Å². The quantitative estimate of drug-likeness (QED) is 0.767. The van der Waals surface area contributed by atoms with Gasteiger partial charge in [-0.2, -0.15) is 0 Å². The molecule has 22 heavy (non-hydrogen) atoms. The van der Waals surface area contributed by atoms with Crippen molar-refractivity contribution in [3.8, 4) is 0 Å². The summed E-state index contributed by atoms with van der Waals surface area (Å²) in [4.78, 5) is 16.1. The van der Waals surface area contributed by atoms with Crippen molar-refractivity contribution < 1.29 is 9.21 Å². The average molecular weight is 295 g/mol. The van der Waals surface area contributed by atoms with Crippen molar-refractivity contribution in [3.63, 3.8) is 0 Å². The third kappa shape index (κ3) is 2.93. The number of anilines is 1. The number of aromatic nitrogens is 1. The number of rotatable bonds is 3. The van der Waals surface area contributed by atoms with Crippen LogP contribution in [0.2, 0.25) is 0 Å². The van der Waals surface area contributed by atoms with Crippen LogP contribution in [0.3, 0.4) is 0 Å². The summed E-state index contributed by atoms with van der Waals surface area (Å²) in [5.41, 5.74) is 3.54. The summed E-state index contributed by atoms with van der Waals surface area (Å²) in [6.45, 7) is 3.89. The first-order valence-corrected chi connectivity index (χ1v) is 7.09.